The molecule has 0 fully saturated rings. The van der Waals surface area contributed by atoms with E-state index in [1.807, 2.05) is 27.7 Å². The minimum Gasteiger partial charge on any atom is -0.478 e. The molecule has 0 aliphatic rings. The molecule has 0 aromatic carbocycles. The van der Waals surface area contributed by atoms with Crippen molar-refractivity contribution in [3.63, 3.8) is 0 Å². The van der Waals surface area contributed by atoms with Gasteiger partial charge in [0.25, 0.3) is 0 Å². The molecule has 0 saturated heterocycles. The summed E-state index contributed by atoms with van der Waals surface area (Å²) in [5.41, 5.74) is -0.398. The number of carboxylic acids is 1. The van der Waals surface area contributed by atoms with Crippen molar-refractivity contribution in [2.75, 3.05) is 6.61 Å². The van der Waals surface area contributed by atoms with Crippen LogP contribution in [-0.4, -0.2) is 35.2 Å². The van der Waals surface area contributed by atoms with E-state index in [0.717, 1.165) is 25.0 Å². The molecule has 0 aliphatic carbocycles. The van der Waals surface area contributed by atoms with Crippen LogP contribution in [0.4, 0.5) is 0 Å². The highest BCUT2D eigenvalue weighted by Gasteiger charge is 2.12. The molecule has 0 aromatic rings. The average molecular weight is 328 g/mol. The maximum Gasteiger partial charge on any atom is 0.330 e. The molecular weight excluding hydrogens is 300 g/mol. The normalized spacial score (nSPS) is 8.87. The van der Waals surface area contributed by atoms with Crippen molar-refractivity contribution in [3.8, 4) is 0 Å². The molecule has 0 heterocycles. The van der Waals surface area contributed by atoms with E-state index in [-0.39, 0.29) is 11.9 Å². The third-order valence-electron chi connectivity index (χ3n) is 1.66. The zero-order valence-electron chi connectivity index (χ0n) is 14.5. The number of carbonyl (C=O) groups excluding carboxylic acids is 2. The fraction of sp³-hybridized carbons (Fsp3) is 0.471. The van der Waals surface area contributed by atoms with Gasteiger partial charge in [-0.25, -0.2) is 14.4 Å². The lowest BCUT2D eigenvalue weighted by atomic mass is 10.2. The Morgan fingerprint density at radius 3 is 1.65 bits per heavy atom. The highest BCUT2D eigenvalue weighted by atomic mass is 16.6. The SMILES string of the molecule is C=CC(=O)O.C=CC(=O)OC(C)(C)C.C=CC(=O)OCCCC. The number of rotatable bonds is 6. The Balaban J connectivity index is -0.000000273. The summed E-state index contributed by atoms with van der Waals surface area (Å²) in [5.74, 6) is -1.68. The molecule has 0 spiro atoms. The first-order chi connectivity index (χ1) is 10.5. The van der Waals surface area contributed by atoms with Gasteiger partial charge in [-0.15, -0.1) is 0 Å². The predicted octanol–water partition coefficient (Wildman–Crippen LogP) is 3.29. The third kappa shape index (κ3) is 32.8. The van der Waals surface area contributed by atoms with Crippen LogP contribution in [0.15, 0.2) is 38.0 Å². The molecule has 0 radical (unpaired) electrons. The van der Waals surface area contributed by atoms with E-state index in [1.54, 1.807) is 0 Å². The van der Waals surface area contributed by atoms with Gasteiger partial charge in [0.2, 0.25) is 0 Å². The number of aliphatic carboxylic acids is 1. The fourth-order valence-corrected chi connectivity index (χ4v) is 0.719. The number of hydrogen-bond donors (Lipinski definition) is 1. The van der Waals surface area contributed by atoms with E-state index in [4.69, 9.17) is 9.84 Å². The molecule has 6 nitrogen and oxygen atoms in total. The first kappa shape index (κ1) is 25.6. The number of esters is 2. The van der Waals surface area contributed by atoms with Crippen LogP contribution in [0.25, 0.3) is 0 Å². The first-order valence-electron chi connectivity index (χ1n) is 7.03. The Hall–Kier alpha value is -2.37. The Kier molecular flexibility index (Phi) is 17.8. The van der Waals surface area contributed by atoms with Crippen molar-refractivity contribution < 1.29 is 29.0 Å². The second-order valence-corrected chi connectivity index (χ2v) is 5.01. The van der Waals surface area contributed by atoms with Crippen molar-refractivity contribution in [1.29, 1.82) is 0 Å². The van der Waals surface area contributed by atoms with E-state index >= 15 is 0 Å². The second-order valence-electron chi connectivity index (χ2n) is 5.01. The van der Waals surface area contributed by atoms with Crippen molar-refractivity contribution in [1.82, 2.24) is 0 Å². The van der Waals surface area contributed by atoms with E-state index in [0.29, 0.717) is 6.61 Å². The Bertz CT molecular complexity index is 390. The lowest BCUT2D eigenvalue weighted by Crippen LogP contribution is -2.22. The molecule has 23 heavy (non-hydrogen) atoms. The quantitative estimate of drug-likeness (QED) is 0.457. The molecule has 132 valence electrons. The fourth-order valence-electron chi connectivity index (χ4n) is 0.719. The standard InChI is InChI=1S/2C7H12O2.C3H4O2/c1-5-6(8)9-7(2,3)4;1-3-5-6-9-7(8)4-2;1-2-3(4)5/h5H,1H2,2-4H3;4H,2-3,5-6H2,1H3;2H,1H2,(H,4,5). The van der Waals surface area contributed by atoms with Gasteiger partial charge in [0.05, 0.1) is 6.61 Å². The zero-order chi connectivity index (χ0) is 18.9. The van der Waals surface area contributed by atoms with Crippen molar-refractivity contribution >= 4 is 17.9 Å². The van der Waals surface area contributed by atoms with Crippen LogP contribution in [0.1, 0.15) is 40.5 Å². The van der Waals surface area contributed by atoms with Crippen LogP contribution in [-0.2, 0) is 23.9 Å². The molecule has 0 aromatic heterocycles. The maximum absolute atomic E-state index is 10.5. The van der Waals surface area contributed by atoms with Crippen LogP contribution in [0, 0.1) is 0 Å². The van der Waals surface area contributed by atoms with Gasteiger partial charge in [0.15, 0.2) is 0 Å². The molecule has 0 saturated carbocycles. The number of hydrogen-bond acceptors (Lipinski definition) is 5. The first-order valence-corrected chi connectivity index (χ1v) is 7.03. The van der Waals surface area contributed by atoms with Crippen molar-refractivity contribution in [2.24, 2.45) is 0 Å². The minimum atomic E-state index is -0.981. The highest BCUT2D eigenvalue weighted by Crippen LogP contribution is 2.06. The van der Waals surface area contributed by atoms with Gasteiger partial charge in [-0.05, 0) is 27.2 Å². The average Bonchev–Trinajstić information content (AvgIpc) is 2.46. The monoisotopic (exact) mass is 328 g/mol. The molecule has 0 aliphatic heterocycles. The van der Waals surface area contributed by atoms with Crippen LogP contribution >= 0.6 is 0 Å². The summed E-state index contributed by atoms with van der Waals surface area (Å²) in [6, 6.07) is 0. The molecular formula is C17H28O6. The van der Waals surface area contributed by atoms with Crippen molar-refractivity contribution in [3.05, 3.63) is 38.0 Å². The lowest BCUT2D eigenvalue weighted by Gasteiger charge is -2.17. The van der Waals surface area contributed by atoms with E-state index in [9.17, 15) is 14.4 Å². The predicted molar refractivity (Wildman–Crippen MR) is 89.9 cm³/mol. The highest BCUT2D eigenvalue weighted by molar-refractivity contribution is 5.81. The summed E-state index contributed by atoms with van der Waals surface area (Å²) in [4.78, 5) is 30.1. The van der Waals surface area contributed by atoms with Gasteiger partial charge in [-0.1, -0.05) is 33.1 Å². The minimum absolute atomic E-state index is 0.330. The molecule has 0 unspecified atom stereocenters. The van der Waals surface area contributed by atoms with Crippen LogP contribution < -0.4 is 0 Å². The number of carboxylic acid groups (broad SMARTS) is 1. The Labute approximate surface area is 138 Å². The van der Waals surface area contributed by atoms with Crippen LogP contribution in [0.2, 0.25) is 0 Å². The summed E-state index contributed by atoms with van der Waals surface area (Å²) in [6.07, 6.45) is 5.14. The summed E-state index contributed by atoms with van der Waals surface area (Å²) in [6.45, 7) is 17.5. The Morgan fingerprint density at radius 2 is 1.43 bits per heavy atom. The summed E-state index contributed by atoms with van der Waals surface area (Å²) >= 11 is 0. The number of unbranched alkanes of at least 4 members (excludes halogenated alkanes) is 1. The molecule has 0 bridgehead atoms. The zero-order valence-corrected chi connectivity index (χ0v) is 14.5. The Morgan fingerprint density at radius 1 is 1.00 bits per heavy atom. The topological polar surface area (TPSA) is 89.9 Å². The van der Waals surface area contributed by atoms with Gasteiger partial charge < -0.3 is 14.6 Å². The number of carbonyl (C=O) groups is 3. The number of ether oxygens (including phenoxy) is 2. The summed E-state index contributed by atoms with van der Waals surface area (Å²) in [7, 11) is 0. The molecule has 0 rings (SSSR count). The van der Waals surface area contributed by atoms with Crippen LogP contribution in [0.5, 0.6) is 0 Å². The van der Waals surface area contributed by atoms with E-state index in [2.05, 4.69) is 24.5 Å². The lowest BCUT2D eigenvalue weighted by molar-refractivity contribution is -0.148. The van der Waals surface area contributed by atoms with E-state index < -0.39 is 11.6 Å². The van der Waals surface area contributed by atoms with Gasteiger partial charge in [-0.2, -0.15) is 0 Å². The summed E-state index contributed by atoms with van der Waals surface area (Å²) < 4.78 is 9.50. The van der Waals surface area contributed by atoms with Crippen LogP contribution in [0.3, 0.4) is 0 Å². The third-order valence-corrected chi connectivity index (χ3v) is 1.66. The van der Waals surface area contributed by atoms with Gasteiger partial charge in [0, 0.05) is 18.2 Å². The second kappa shape index (κ2) is 16.0. The molecule has 0 atom stereocenters. The smallest absolute Gasteiger partial charge is 0.330 e. The maximum atomic E-state index is 10.5. The largest absolute Gasteiger partial charge is 0.478 e. The van der Waals surface area contributed by atoms with E-state index in [1.165, 1.54) is 6.08 Å². The van der Waals surface area contributed by atoms with Crippen molar-refractivity contribution in [2.45, 2.75) is 46.1 Å². The van der Waals surface area contributed by atoms with Gasteiger partial charge >= 0.3 is 17.9 Å². The molecule has 1 N–H and O–H groups in total. The summed E-state index contributed by atoms with van der Waals surface area (Å²) in [5, 5.41) is 7.60. The van der Waals surface area contributed by atoms with Gasteiger partial charge in [0.1, 0.15) is 5.60 Å². The molecule has 0 amide bonds. The molecule has 6 heteroatoms. The van der Waals surface area contributed by atoms with Gasteiger partial charge in [-0.3, -0.25) is 0 Å².